The molecule has 4 nitrogen and oxygen atoms in total. The summed E-state index contributed by atoms with van der Waals surface area (Å²) in [6.07, 6.45) is -4.67. The molecule has 0 fully saturated rings. The Morgan fingerprint density at radius 1 is 0.917 bits per heavy atom. The van der Waals surface area contributed by atoms with Gasteiger partial charge in [-0.05, 0) is 60.9 Å². The molecule has 9 heteroatoms. The minimum atomic E-state index is -4.67. The second-order valence-electron chi connectivity index (χ2n) is 8.63. The van der Waals surface area contributed by atoms with Gasteiger partial charge in [0.05, 0.1) is 16.3 Å². The molecule has 1 N–H and O–H groups in total. The third-order valence-corrected chi connectivity index (χ3v) is 7.05. The van der Waals surface area contributed by atoms with E-state index in [0.717, 1.165) is 35.0 Å². The molecule has 1 aliphatic heterocycles. The maximum Gasteiger partial charge on any atom is 0.416 e. The van der Waals surface area contributed by atoms with Crippen LogP contribution in [0.4, 0.5) is 24.5 Å². The third-order valence-electron chi connectivity index (χ3n) is 5.64. The summed E-state index contributed by atoms with van der Waals surface area (Å²) in [7, 11) is 0. The molecule has 1 aliphatic rings. The van der Waals surface area contributed by atoms with E-state index in [0.29, 0.717) is 27.5 Å². The smallest absolute Gasteiger partial charge is 0.350 e. The van der Waals surface area contributed by atoms with Crippen LogP contribution in [0.1, 0.15) is 36.5 Å². The van der Waals surface area contributed by atoms with E-state index >= 15 is 0 Å². The number of imide groups is 1. The molecule has 0 bridgehead atoms. The predicted octanol–water partition coefficient (Wildman–Crippen LogP) is 7.78. The summed E-state index contributed by atoms with van der Waals surface area (Å²) in [6.45, 7) is 6.03. The summed E-state index contributed by atoms with van der Waals surface area (Å²) in [6, 6.07) is 17.3. The Balaban J connectivity index is 1.76. The normalized spacial score (nSPS) is 14.3. The fourth-order valence-electron chi connectivity index (χ4n) is 3.61. The lowest BCUT2D eigenvalue weighted by molar-refractivity contribution is -0.137. The van der Waals surface area contributed by atoms with Crippen LogP contribution in [0.3, 0.4) is 0 Å². The summed E-state index contributed by atoms with van der Waals surface area (Å²) in [5.41, 5.74) is 1.31. The Kier molecular flexibility index (Phi) is 7.20. The van der Waals surface area contributed by atoms with E-state index in [1.165, 1.54) is 0 Å². The predicted molar refractivity (Wildman–Crippen MR) is 137 cm³/mol. The lowest BCUT2D eigenvalue weighted by Crippen LogP contribution is -2.33. The van der Waals surface area contributed by atoms with Crippen LogP contribution in [-0.4, -0.2) is 11.8 Å². The van der Waals surface area contributed by atoms with Gasteiger partial charge in [-0.2, -0.15) is 13.2 Å². The molecule has 0 saturated heterocycles. The van der Waals surface area contributed by atoms with Crippen LogP contribution in [0.2, 0.25) is 5.02 Å². The van der Waals surface area contributed by atoms with Crippen LogP contribution < -0.4 is 10.2 Å². The van der Waals surface area contributed by atoms with Gasteiger partial charge < -0.3 is 5.32 Å². The van der Waals surface area contributed by atoms with Crippen molar-refractivity contribution in [2.45, 2.75) is 37.8 Å². The van der Waals surface area contributed by atoms with E-state index in [1.807, 2.05) is 31.2 Å². The average Bonchev–Trinajstić information content (AvgIpc) is 3.04. The van der Waals surface area contributed by atoms with Crippen LogP contribution in [0.5, 0.6) is 0 Å². The third kappa shape index (κ3) is 5.29. The first-order chi connectivity index (χ1) is 17.0. The number of thioether (sulfide) groups is 1. The number of benzene rings is 3. The summed E-state index contributed by atoms with van der Waals surface area (Å²) >= 11 is 7.24. The van der Waals surface area contributed by atoms with E-state index < -0.39 is 23.6 Å². The van der Waals surface area contributed by atoms with E-state index in [2.05, 4.69) is 19.2 Å². The number of carbonyl (C=O) groups excluding carboxylic acids is 2. The molecule has 0 atom stereocenters. The number of alkyl halides is 3. The monoisotopic (exact) mass is 530 g/mol. The van der Waals surface area contributed by atoms with Crippen molar-refractivity contribution in [2.75, 3.05) is 10.2 Å². The Morgan fingerprint density at radius 3 is 2.14 bits per heavy atom. The lowest BCUT2D eigenvalue weighted by Gasteiger charge is -2.18. The minimum Gasteiger partial charge on any atom is -0.350 e. The minimum absolute atomic E-state index is 0.0312. The van der Waals surface area contributed by atoms with Gasteiger partial charge in [-0.1, -0.05) is 67.0 Å². The summed E-state index contributed by atoms with van der Waals surface area (Å²) < 4.78 is 40.1. The number of amides is 2. The first kappa shape index (κ1) is 25.9. The zero-order valence-corrected chi connectivity index (χ0v) is 21.2. The van der Waals surface area contributed by atoms with Gasteiger partial charge in [0.25, 0.3) is 11.8 Å². The topological polar surface area (TPSA) is 49.4 Å². The van der Waals surface area contributed by atoms with E-state index in [-0.39, 0.29) is 21.3 Å². The van der Waals surface area contributed by atoms with Gasteiger partial charge in [-0.15, -0.1) is 0 Å². The molecule has 36 heavy (non-hydrogen) atoms. The molecule has 0 saturated carbocycles. The SMILES string of the molecule is Cc1ccc(SC2=C(Nc3ccc(C(C)C)cc3)C(=O)N(c3cc(C(F)(F)F)ccc3Cl)C2=O)cc1. The quantitative estimate of drug-likeness (QED) is 0.331. The molecule has 4 rings (SSSR count). The number of anilines is 2. The first-order valence-corrected chi connectivity index (χ1v) is 12.3. The van der Waals surface area contributed by atoms with Crippen molar-refractivity contribution in [3.8, 4) is 0 Å². The second kappa shape index (κ2) is 10.0. The molecular formula is C27H22ClF3N2O2S. The highest BCUT2D eigenvalue weighted by Crippen LogP contribution is 2.42. The number of nitrogens with one attached hydrogen (secondary N) is 1. The zero-order valence-electron chi connectivity index (χ0n) is 19.6. The highest BCUT2D eigenvalue weighted by atomic mass is 35.5. The van der Waals surface area contributed by atoms with Crippen LogP contribution in [-0.2, 0) is 15.8 Å². The van der Waals surface area contributed by atoms with Crippen molar-refractivity contribution >= 4 is 46.6 Å². The highest BCUT2D eigenvalue weighted by molar-refractivity contribution is 8.04. The lowest BCUT2D eigenvalue weighted by atomic mass is 10.0. The molecule has 0 radical (unpaired) electrons. The maximum atomic E-state index is 13.5. The van der Waals surface area contributed by atoms with Crippen LogP contribution >= 0.6 is 23.4 Å². The first-order valence-electron chi connectivity index (χ1n) is 11.1. The zero-order chi connectivity index (χ0) is 26.2. The largest absolute Gasteiger partial charge is 0.416 e. The molecule has 3 aromatic carbocycles. The van der Waals surface area contributed by atoms with Crippen LogP contribution in [0.15, 0.2) is 82.2 Å². The van der Waals surface area contributed by atoms with Crippen molar-refractivity contribution in [2.24, 2.45) is 0 Å². The van der Waals surface area contributed by atoms with Crippen molar-refractivity contribution < 1.29 is 22.8 Å². The number of aryl methyl sites for hydroxylation is 1. The van der Waals surface area contributed by atoms with Crippen molar-refractivity contribution in [3.05, 3.63) is 99.0 Å². The Morgan fingerprint density at radius 2 is 1.56 bits per heavy atom. The fourth-order valence-corrected chi connectivity index (χ4v) is 4.74. The van der Waals surface area contributed by atoms with Gasteiger partial charge in [-0.3, -0.25) is 9.59 Å². The maximum absolute atomic E-state index is 13.5. The number of rotatable bonds is 6. The molecule has 2 amide bonds. The van der Waals surface area contributed by atoms with Gasteiger partial charge >= 0.3 is 6.18 Å². The van der Waals surface area contributed by atoms with Gasteiger partial charge in [0.2, 0.25) is 0 Å². The Bertz CT molecular complexity index is 1350. The van der Waals surface area contributed by atoms with Gasteiger partial charge in [0.1, 0.15) is 10.6 Å². The summed E-state index contributed by atoms with van der Waals surface area (Å²) in [4.78, 5) is 28.4. The standard InChI is InChI=1S/C27H22ClF3N2O2S/c1-15(2)17-6-9-19(10-7-17)32-23-24(36-20-11-4-16(3)5-12-20)26(35)33(25(23)34)22-14-18(27(29,30)31)8-13-21(22)28/h4-15,32H,1-3H3. The molecular weight excluding hydrogens is 509 g/mol. The number of hydrogen-bond donors (Lipinski definition) is 1. The number of carbonyl (C=O) groups is 2. The fraction of sp³-hybridized carbons (Fsp3) is 0.185. The van der Waals surface area contributed by atoms with Crippen molar-refractivity contribution in [1.29, 1.82) is 0 Å². The van der Waals surface area contributed by atoms with E-state index in [1.54, 1.807) is 24.3 Å². The molecule has 186 valence electrons. The molecule has 0 aliphatic carbocycles. The van der Waals surface area contributed by atoms with Gasteiger partial charge in [0.15, 0.2) is 0 Å². The Hall–Kier alpha value is -3.23. The van der Waals surface area contributed by atoms with E-state index in [9.17, 15) is 22.8 Å². The van der Waals surface area contributed by atoms with Crippen LogP contribution in [0.25, 0.3) is 0 Å². The van der Waals surface area contributed by atoms with Crippen molar-refractivity contribution in [1.82, 2.24) is 0 Å². The average molecular weight is 531 g/mol. The van der Waals surface area contributed by atoms with Gasteiger partial charge in [0, 0.05) is 10.6 Å². The molecule has 1 heterocycles. The summed E-state index contributed by atoms with van der Waals surface area (Å²) in [5, 5.41) is 2.87. The number of nitrogens with zero attached hydrogens (tertiary/aromatic N) is 1. The molecule has 0 aromatic heterocycles. The molecule has 3 aromatic rings. The molecule has 0 spiro atoms. The highest BCUT2D eigenvalue weighted by Gasteiger charge is 2.42. The van der Waals surface area contributed by atoms with Crippen molar-refractivity contribution in [3.63, 3.8) is 0 Å². The summed E-state index contributed by atoms with van der Waals surface area (Å²) in [5.74, 6) is -1.24. The Labute approximate surface area is 216 Å². The van der Waals surface area contributed by atoms with E-state index in [4.69, 9.17) is 11.6 Å². The number of hydrogen-bond acceptors (Lipinski definition) is 4. The molecule has 0 unspecified atom stereocenters. The van der Waals surface area contributed by atoms with Gasteiger partial charge in [-0.25, -0.2) is 4.90 Å². The van der Waals surface area contributed by atoms with Crippen LogP contribution in [0, 0.1) is 6.92 Å². The second-order valence-corrected chi connectivity index (χ2v) is 10.1. The number of halogens is 4.